The Morgan fingerprint density at radius 1 is 1.29 bits per heavy atom. The van der Waals surface area contributed by atoms with Crippen molar-refractivity contribution in [2.24, 2.45) is 11.7 Å². The van der Waals surface area contributed by atoms with E-state index in [1.165, 1.54) is 0 Å². The highest BCUT2D eigenvalue weighted by Crippen LogP contribution is 2.38. The molecule has 2 aromatic rings. The number of rotatable bonds is 6. The lowest BCUT2D eigenvalue weighted by atomic mass is 10.1. The molecule has 6 nitrogen and oxygen atoms in total. The summed E-state index contributed by atoms with van der Waals surface area (Å²) in [5.41, 5.74) is 7.09. The van der Waals surface area contributed by atoms with Gasteiger partial charge in [0.15, 0.2) is 17.3 Å². The van der Waals surface area contributed by atoms with E-state index in [2.05, 4.69) is 10.1 Å². The maximum absolute atomic E-state index is 6.07. The standard InChI is InChI=1S/C15H19N3O3/c1-19-11-6-3-9(7-12(11)20-2)8-13-17-15(18-21-13)14(16)10-4-5-10/h3,6-7,10,14H,4-5,8,16H2,1-2H3. The second-order valence-corrected chi connectivity index (χ2v) is 5.28. The number of hydrogen-bond donors (Lipinski definition) is 1. The van der Waals surface area contributed by atoms with E-state index in [-0.39, 0.29) is 6.04 Å². The Morgan fingerprint density at radius 2 is 2.05 bits per heavy atom. The summed E-state index contributed by atoms with van der Waals surface area (Å²) in [6.45, 7) is 0. The van der Waals surface area contributed by atoms with Crippen LogP contribution >= 0.6 is 0 Å². The fourth-order valence-electron chi connectivity index (χ4n) is 2.31. The van der Waals surface area contributed by atoms with Crippen LogP contribution in [0.5, 0.6) is 11.5 Å². The first kappa shape index (κ1) is 13.9. The Labute approximate surface area is 123 Å². The number of hydrogen-bond acceptors (Lipinski definition) is 6. The molecule has 0 aliphatic heterocycles. The molecule has 0 spiro atoms. The smallest absolute Gasteiger partial charge is 0.231 e. The summed E-state index contributed by atoms with van der Waals surface area (Å²) < 4.78 is 15.8. The molecule has 1 heterocycles. The van der Waals surface area contributed by atoms with Gasteiger partial charge in [-0.2, -0.15) is 4.98 Å². The molecular weight excluding hydrogens is 270 g/mol. The van der Waals surface area contributed by atoms with Crippen molar-refractivity contribution in [2.45, 2.75) is 25.3 Å². The highest BCUT2D eigenvalue weighted by molar-refractivity contribution is 5.43. The Balaban J connectivity index is 1.74. The minimum Gasteiger partial charge on any atom is -0.493 e. The van der Waals surface area contributed by atoms with Gasteiger partial charge >= 0.3 is 0 Å². The largest absolute Gasteiger partial charge is 0.493 e. The van der Waals surface area contributed by atoms with Crippen LogP contribution in [0.15, 0.2) is 22.7 Å². The van der Waals surface area contributed by atoms with Gasteiger partial charge in [-0.3, -0.25) is 0 Å². The topological polar surface area (TPSA) is 83.4 Å². The number of aromatic nitrogens is 2. The summed E-state index contributed by atoms with van der Waals surface area (Å²) in [7, 11) is 3.22. The van der Waals surface area contributed by atoms with Gasteiger partial charge in [-0.25, -0.2) is 0 Å². The van der Waals surface area contributed by atoms with Crippen LogP contribution in [0.3, 0.4) is 0 Å². The minimum absolute atomic E-state index is 0.104. The molecule has 6 heteroatoms. The highest BCUT2D eigenvalue weighted by atomic mass is 16.5. The van der Waals surface area contributed by atoms with E-state index in [1.807, 2.05) is 18.2 Å². The van der Waals surface area contributed by atoms with Crippen molar-refractivity contribution in [3.05, 3.63) is 35.5 Å². The Morgan fingerprint density at radius 3 is 2.71 bits per heavy atom. The van der Waals surface area contributed by atoms with Gasteiger partial charge in [0, 0.05) is 0 Å². The zero-order valence-corrected chi connectivity index (χ0v) is 12.2. The van der Waals surface area contributed by atoms with Crippen molar-refractivity contribution in [1.82, 2.24) is 10.1 Å². The van der Waals surface area contributed by atoms with E-state index in [4.69, 9.17) is 19.7 Å². The monoisotopic (exact) mass is 289 g/mol. The van der Waals surface area contributed by atoms with E-state index >= 15 is 0 Å². The third kappa shape index (κ3) is 3.00. The van der Waals surface area contributed by atoms with Gasteiger partial charge in [0.25, 0.3) is 0 Å². The van der Waals surface area contributed by atoms with Crippen LogP contribution in [0.2, 0.25) is 0 Å². The number of benzene rings is 1. The molecule has 0 amide bonds. The molecule has 1 fully saturated rings. The van der Waals surface area contributed by atoms with Gasteiger partial charge in [0.05, 0.1) is 26.7 Å². The predicted octanol–water partition coefficient (Wildman–Crippen LogP) is 2.09. The van der Waals surface area contributed by atoms with Gasteiger partial charge < -0.3 is 19.7 Å². The van der Waals surface area contributed by atoms with Crippen molar-refractivity contribution in [2.75, 3.05) is 14.2 Å². The molecule has 1 aromatic carbocycles. The highest BCUT2D eigenvalue weighted by Gasteiger charge is 2.32. The van der Waals surface area contributed by atoms with Gasteiger partial charge in [-0.1, -0.05) is 11.2 Å². The van der Waals surface area contributed by atoms with Crippen LogP contribution in [-0.4, -0.2) is 24.4 Å². The molecule has 21 heavy (non-hydrogen) atoms. The summed E-state index contributed by atoms with van der Waals surface area (Å²) in [5, 5.41) is 3.98. The summed E-state index contributed by atoms with van der Waals surface area (Å²) in [4.78, 5) is 4.39. The molecule has 1 aliphatic rings. The van der Waals surface area contributed by atoms with Crippen LogP contribution < -0.4 is 15.2 Å². The van der Waals surface area contributed by atoms with Crippen molar-refractivity contribution in [3.8, 4) is 11.5 Å². The summed E-state index contributed by atoms with van der Waals surface area (Å²) >= 11 is 0. The molecule has 1 atom stereocenters. The maximum atomic E-state index is 6.07. The Bertz CT molecular complexity index is 622. The number of methoxy groups -OCH3 is 2. The maximum Gasteiger partial charge on any atom is 0.231 e. The molecule has 0 saturated heterocycles. The van der Waals surface area contributed by atoms with Gasteiger partial charge in [0.1, 0.15) is 0 Å². The molecule has 2 N–H and O–H groups in total. The third-order valence-corrected chi connectivity index (χ3v) is 3.72. The van der Waals surface area contributed by atoms with Crippen LogP contribution in [0.4, 0.5) is 0 Å². The van der Waals surface area contributed by atoms with Crippen molar-refractivity contribution in [3.63, 3.8) is 0 Å². The molecule has 0 bridgehead atoms. The Hall–Kier alpha value is -2.08. The van der Waals surface area contributed by atoms with Crippen LogP contribution in [0.25, 0.3) is 0 Å². The lowest BCUT2D eigenvalue weighted by molar-refractivity contribution is 0.353. The number of nitrogens with zero attached hydrogens (tertiary/aromatic N) is 2. The van der Waals surface area contributed by atoms with E-state index in [0.29, 0.717) is 35.6 Å². The number of nitrogens with two attached hydrogens (primary N) is 1. The van der Waals surface area contributed by atoms with E-state index in [9.17, 15) is 0 Å². The van der Waals surface area contributed by atoms with Crippen molar-refractivity contribution < 1.29 is 14.0 Å². The fraction of sp³-hybridized carbons (Fsp3) is 0.467. The zero-order chi connectivity index (χ0) is 14.8. The minimum atomic E-state index is -0.104. The van der Waals surface area contributed by atoms with Crippen LogP contribution in [-0.2, 0) is 6.42 Å². The average Bonchev–Trinajstić information content (AvgIpc) is 3.26. The normalized spacial score (nSPS) is 15.8. The summed E-state index contributed by atoms with van der Waals surface area (Å²) in [6.07, 6.45) is 2.85. The second-order valence-electron chi connectivity index (χ2n) is 5.28. The predicted molar refractivity (Wildman–Crippen MR) is 76.3 cm³/mol. The van der Waals surface area contributed by atoms with Crippen molar-refractivity contribution >= 4 is 0 Å². The molecule has 0 radical (unpaired) electrons. The van der Waals surface area contributed by atoms with Gasteiger partial charge in [0.2, 0.25) is 5.89 Å². The molecule has 3 rings (SSSR count). The van der Waals surface area contributed by atoms with Gasteiger partial charge in [-0.05, 0) is 36.5 Å². The quantitative estimate of drug-likeness (QED) is 0.876. The fourth-order valence-corrected chi connectivity index (χ4v) is 2.31. The average molecular weight is 289 g/mol. The van der Waals surface area contributed by atoms with Crippen LogP contribution in [0, 0.1) is 5.92 Å². The molecule has 1 unspecified atom stereocenters. The Kier molecular flexibility index (Phi) is 3.79. The van der Waals surface area contributed by atoms with E-state index in [1.54, 1.807) is 14.2 Å². The van der Waals surface area contributed by atoms with E-state index in [0.717, 1.165) is 18.4 Å². The lowest BCUT2D eigenvalue weighted by Gasteiger charge is -2.08. The molecular formula is C15H19N3O3. The first-order valence-corrected chi connectivity index (χ1v) is 7.00. The SMILES string of the molecule is COc1ccc(Cc2nc(C(N)C3CC3)no2)cc1OC. The molecule has 112 valence electrons. The van der Waals surface area contributed by atoms with Gasteiger partial charge in [-0.15, -0.1) is 0 Å². The second kappa shape index (κ2) is 5.73. The van der Waals surface area contributed by atoms with Crippen LogP contribution in [0.1, 0.15) is 36.2 Å². The lowest BCUT2D eigenvalue weighted by Crippen LogP contribution is -2.14. The third-order valence-electron chi connectivity index (χ3n) is 3.72. The molecule has 1 aromatic heterocycles. The van der Waals surface area contributed by atoms with Crippen molar-refractivity contribution in [1.29, 1.82) is 0 Å². The van der Waals surface area contributed by atoms with E-state index < -0.39 is 0 Å². The molecule has 1 saturated carbocycles. The summed E-state index contributed by atoms with van der Waals surface area (Å²) in [5.74, 6) is 3.06. The number of ether oxygens (including phenoxy) is 2. The first-order valence-electron chi connectivity index (χ1n) is 7.00. The zero-order valence-electron chi connectivity index (χ0n) is 12.2. The molecule has 1 aliphatic carbocycles. The summed E-state index contributed by atoms with van der Waals surface area (Å²) in [6, 6.07) is 5.62. The first-order chi connectivity index (χ1) is 10.2.